The van der Waals surface area contributed by atoms with Gasteiger partial charge in [-0.1, -0.05) is 17.7 Å². The molecular formula is C32H34ClN9O4S. The molecule has 0 radical (unpaired) electrons. The molecule has 5 aromatic rings. The van der Waals surface area contributed by atoms with Gasteiger partial charge in [-0.15, -0.1) is 0 Å². The summed E-state index contributed by atoms with van der Waals surface area (Å²) in [7, 11) is -2.10. The SMILES string of the molecule is Cc1cc([C@@H](C)Nc2ccc(Cl)nc2C(=O)NS(C)(=O)=O)c2nc(N3CCC(c4ccn(-c5cccnc5)n4)CC3)n(C)c(=O)c2c1. The first-order valence-corrected chi connectivity index (χ1v) is 17.3. The molecule has 0 bridgehead atoms. The van der Waals surface area contributed by atoms with Crippen molar-refractivity contribution in [3.05, 3.63) is 99.1 Å². The average Bonchev–Trinajstić information content (AvgIpc) is 3.54. The van der Waals surface area contributed by atoms with Crippen molar-refractivity contribution in [2.45, 2.75) is 38.6 Å². The van der Waals surface area contributed by atoms with E-state index in [0.29, 0.717) is 29.9 Å². The number of nitrogens with zero attached hydrogens (tertiary/aromatic N) is 7. The van der Waals surface area contributed by atoms with E-state index in [0.717, 1.165) is 41.6 Å². The predicted octanol–water partition coefficient (Wildman–Crippen LogP) is 4.12. The zero-order chi connectivity index (χ0) is 33.5. The van der Waals surface area contributed by atoms with E-state index in [2.05, 4.69) is 20.2 Å². The van der Waals surface area contributed by atoms with Crippen LogP contribution in [0.25, 0.3) is 16.6 Å². The lowest BCUT2D eigenvalue weighted by Crippen LogP contribution is -2.38. The zero-order valence-corrected chi connectivity index (χ0v) is 27.9. The van der Waals surface area contributed by atoms with Crippen molar-refractivity contribution < 1.29 is 13.2 Å². The van der Waals surface area contributed by atoms with Crippen LogP contribution in [-0.4, -0.2) is 63.0 Å². The third-order valence-electron chi connectivity index (χ3n) is 8.24. The fraction of sp³-hybridized carbons (Fsp3) is 0.312. The van der Waals surface area contributed by atoms with Gasteiger partial charge >= 0.3 is 0 Å². The van der Waals surface area contributed by atoms with Gasteiger partial charge in [0.1, 0.15) is 5.15 Å². The zero-order valence-electron chi connectivity index (χ0n) is 26.3. The summed E-state index contributed by atoms with van der Waals surface area (Å²) in [6, 6.07) is 12.3. The number of hydrogen-bond acceptors (Lipinski definition) is 10. The van der Waals surface area contributed by atoms with Crippen LogP contribution in [0.5, 0.6) is 0 Å². The van der Waals surface area contributed by atoms with E-state index >= 15 is 0 Å². The number of carbonyl (C=O) groups excluding carboxylic acids is 1. The molecule has 47 heavy (non-hydrogen) atoms. The molecule has 1 amide bonds. The second-order valence-corrected chi connectivity index (χ2v) is 13.9. The van der Waals surface area contributed by atoms with Crippen LogP contribution in [-0.2, 0) is 17.1 Å². The minimum atomic E-state index is -3.84. The number of aryl methyl sites for hydroxylation is 1. The molecule has 0 unspecified atom stereocenters. The lowest BCUT2D eigenvalue weighted by Gasteiger charge is -2.33. The number of carbonyl (C=O) groups is 1. The molecular weight excluding hydrogens is 642 g/mol. The molecule has 1 aliphatic heterocycles. The first-order valence-electron chi connectivity index (χ1n) is 15.1. The number of pyridine rings is 2. The molecule has 1 saturated heterocycles. The van der Waals surface area contributed by atoms with Crippen molar-refractivity contribution in [1.29, 1.82) is 0 Å². The van der Waals surface area contributed by atoms with E-state index in [1.807, 2.05) is 59.8 Å². The van der Waals surface area contributed by atoms with Gasteiger partial charge in [-0.25, -0.2) is 27.8 Å². The number of nitrogens with one attached hydrogen (secondary N) is 2. The van der Waals surface area contributed by atoms with Gasteiger partial charge in [0.25, 0.3) is 11.5 Å². The molecule has 6 rings (SSSR count). The number of benzene rings is 1. The van der Waals surface area contributed by atoms with Gasteiger partial charge in [0, 0.05) is 44.0 Å². The molecule has 1 aromatic carbocycles. The van der Waals surface area contributed by atoms with Crippen molar-refractivity contribution in [2.24, 2.45) is 7.05 Å². The van der Waals surface area contributed by atoms with Crippen molar-refractivity contribution in [1.82, 2.24) is 34.0 Å². The molecule has 244 valence electrons. The number of sulfonamides is 1. The maximum absolute atomic E-state index is 13.7. The van der Waals surface area contributed by atoms with Gasteiger partial charge in [0.05, 0.1) is 46.5 Å². The first-order chi connectivity index (χ1) is 22.4. The van der Waals surface area contributed by atoms with E-state index in [-0.39, 0.29) is 28.0 Å². The standard InChI is InChI=1S/C32H34ClN9O4S/c1-19-16-23(20(2)35-26-7-8-27(33)36-29(26)30(43)39-47(4,45)46)28-24(17-19)31(44)40(3)32(37-28)41-13-9-21(10-14-41)25-11-15-42(38-25)22-6-5-12-34-18-22/h5-8,11-12,15-18,20-21,35H,9-10,13-14H2,1-4H3,(H,39,43)/t20-/m1/s1. The lowest BCUT2D eigenvalue weighted by molar-refractivity contribution is 0.0977. The number of rotatable bonds is 8. The Labute approximate surface area is 276 Å². The van der Waals surface area contributed by atoms with Gasteiger partial charge in [-0.2, -0.15) is 5.10 Å². The van der Waals surface area contributed by atoms with Crippen LogP contribution in [0, 0.1) is 6.92 Å². The molecule has 2 N–H and O–H groups in total. The topological polar surface area (TPSA) is 157 Å². The van der Waals surface area contributed by atoms with Crippen LogP contribution in [0.15, 0.2) is 65.8 Å². The maximum atomic E-state index is 13.7. The van der Waals surface area contributed by atoms with E-state index in [1.165, 1.54) is 6.07 Å². The van der Waals surface area contributed by atoms with Gasteiger partial charge in [-0.05, 0) is 68.7 Å². The van der Waals surface area contributed by atoms with E-state index < -0.39 is 22.0 Å². The highest BCUT2D eigenvalue weighted by molar-refractivity contribution is 7.89. The maximum Gasteiger partial charge on any atom is 0.285 e. The Morgan fingerprint density at radius 3 is 2.57 bits per heavy atom. The van der Waals surface area contributed by atoms with Crippen LogP contribution in [0.2, 0.25) is 5.15 Å². The molecule has 1 aliphatic rings. The fourth-order valence-corrected chi connectivity index (χ4v) is 6.55. The highest BCUT2D eigenvalue weighted by Crippen LogP contribution is 2.32. The summed E-state index contributed by atoms with van der Waals surface area (Å²) in [4.78, 5) is 42.0. The van der Waals surface area contributed by atoms with Crippen LogP contribution in [0.1, 0.15) is 59.0 Å². The summed E-state index contributed by atoms with van der Waals surface area (Å²) in [5, 5.41) is 8.56. The number of aromatic nitrogens is 6. The van der Waals surface area contributed by atoms with Crippen molar-refractivity contribution in [3.8, 4) is 5.69 Å². The first kappa shape index (κ1) is 32.1. The van der Waals surface area contributed by atoms with E-state index in [9.17, 15) is 18.0 Å². The van der Waals surface area contributed by atoms with Crippen LogP contribution in [0.4, 0.5) is 11.6 Å². The third-order valence-corrected chi connectivity index (χ3v) is 9.01. The minimum Gasteiger partial charge on any atom is -0.377 e. The summed E-state index contributed by atoms with van der Waals surface area (Å²) in [6.45, 7) is 5.16. The second kappa shape index (κ2) is 12.8. The normalized spacial score (nSPS) is 14.7. The molecule has 0 saturated carbocycles. The summed E-state index contributed by atoms with van der Waals surface area (Å²) in [5.41, 5.74) is 3.99. The highest BCUT2D eigenvalue weighted by atomic mass is 35.5. The minimum absolute atomic E-state index is 0.0308. The van der Waals surface area contributed by atoms with Crippen LogP contribution in [0.3, 0.4) is 0 Å². The van der Waals surface area contributed by atoms with Crippen LogP contribution >= 0.6 is 11.6 Å². The summed E-state index contributed by atoms with van der Waals surface area (Å²) in [6.07, 6.45) is 8.03. The number of fused-ring (bicyclic) bond motifs is 1. The molecule has 5 heterocycles. The van der Waals surface area contributed by atoms with Gasteiger partial charge in [0.15, 0.2) is 5.69 Å². The second-order valence-electron chi connectivity index (χ2n) is 11.8. The Morgan fingerprint density at radius 1 is 1.11 bits per heavy atom. The Morgan fingerprint density at radius 2 is 1.87 bits per heavy atom. The lowest BCUT2D eigenvalue weighted by atomic mass is 9.94. The van der Waals surface area contributed by atoms with Gasteiger partial charge in [-0.3, -0.25) is 19.1 Å². The van der Waals surface area contributed by atoms with E-state index in [4.69, 9.17) is 21.7 Å². The molecule has 13 nitrogen and oxygen atoms in total. The quantitative estimate of drug-likeness (QED) is 0.229. The molecule has 0 aliphatic carbocycles. The Balaban J connectivity index is 1.28. The Kier molecular flexibility index (Phi) is 8.72. The van der Waals surface area contributed by atoms with Crippen molar-refractivity contribution in [3.63, 3.8) is 0 Å². The average molecular weight is 676 g/mol. The highest BCUT2D eigenvalue weighted by Gasteiger charge is 2.27. The summed E-state index contributed by atoms with van der Waals surface area (Å²) < 4.78 is 28.9. The van der Waals surface area contributed by atoms with Crippen molar-refractivity contribution >= 4 is 50.1 Å². The fourth-order valence-electron chi connectivity index (χ4n) is 5.97. The van der Waals surface area contributed by atoms with Gasteiger partial charge < -0.3 is 10.2 Å². The number of piperidine rings is 1. The molecule has 1 fully saturated rings. The predicted molar refractivity (Wildman–Crippen MR) is 181 cm³/mol. The number of anilines is 2. The number of halogens is 1. The van der Waals surface area contributed by atoms with Crippen molar-refractivity contribution in [2.75, 3.05) is 29.6 Å². The molecule has 4 aromatic heterocycles. The Bertz CT molecular complexity index is 2140. The Hall–Kier alpha value is -4.82. The monoisotopic (exact) mass is 675 g/mol. The summed E-state index contributed by atoms with van der Waals surface area (Å²) >= 11 is 6.05. The molecule has 15 heteroatoms. The van der Waals surface area contributed by atoms with E-state index in [1.54, 1.807) is 30.1 Å². The summed E-state index contributed by atoms with van der Waals surface area (Å²) in [5.74, 6) is -0.0768. The third kappa shape index (κ3) is 6.83. The molecule has 0 spiro atoms. The van der Waals surface area contributed by atoms with Crippen LogP contribution < -0.4 is 20.5 Å². The number of amides is 1. The number of hydrogen-bond donors (Lipinski definition) is 2. The largest absolute Gasteiger partial charge is 0.377 e. The van der Waals surface area contributed by atoms with Gasteiger partial charge in [0.2, 0.25) is 16.0 Å². The smallest absolute Gasteiger partial charge is 0.285 e. The molecule has 1 atom stereocenters.